The van der Waals surface area contributed by atoms with Crippen molar-refractivity contribution in [1.29, 1.82) is 0 Å². The summed E-state index contributed by atoms with van der Waals surface area (Å²) < 4.78 is 0. The highest BCUT2D eigenvalue weighted by Crippen LogP contribution is 1.85. The number of hydrogen-bond donors (Lipinski definition) is 4. The van der Waals surface area contributed by atoms with Crippen molar-refractivity contribution >= 4 is 17.9 Å². The van der Waals surface area contributed by atoms with Gasteiger partial charge in [-0.1, -0.05) is 6.92 Å². The molecule has 0 aromatic heterocycles. The van der Waals surface area contributed by atoms with Crippen LogP contribution in [0.1, 0.15) is 26.2 Å². The number of urea groups is 1. The van der Waals surface area contributed by atoms with Gasteiger partial charge in [0.25, 0.3) is 0 Å². The van der Waals surface area contributed by atoms with Crippen molar-refractivity contribution in [2.24, 2.45) is 0 Å². The van der Waals surface area contributed by atoms with Crippen LogP contribution in [0.5, 0.6) is 0 Å². The number of carboxylic acid groups (broad SMARTS) is 1. The van der Waals surface area contributed by atoms with Crippen LogP contribution in [-0.2, 0) is 9.59 Å². The third-order valence-electron chi connectivity index (χ3n) is 1.83. The summed E-state index contributed by atoms with van der Waals surface area (Å²) in [4.78, 5) is 32.4. The van der Waals surface area contributed by atoms with Gasteiger partial charge in [0.2, 0.25) is 5.91 Å². The van der Waals surface area contributed by atoms with Crippen LogP contribution < -0.4 is 16.0 Å². The first-order chi connectivity index (χ1) is 8.06. The smallest absolute Gasteiger partial charge is 0.315 e. The van der Waals surface area contributed by atoms with E-state index < -0.39 is 12.0 Å². The van der Waals surface area contributed by atoms with Crippen LogP contribution in [0.4, 0.5) is 4.79 Å². The van der Waals surface area contributed by atoms with Gasteiger partial charge in [-0.3, -0.25) is 9.59 Å². The molecule has 4 N–H and O–H groups in total. The van der Waals surface area contributed by atoms with E-state index in [0.717, 1.165) is 6.42 Å². The summed E-state index contributed by atoms with van der Waals surface area (Å²) in [5, 5.41) is 15.8. The van der Waals surface area contributed by atoms with Crippen molar-refractivity contribution < 1.29 is 19.5 Å². The average molecular weight is 245 g/mol. The molecule has 0 saturated carbocycles. The van der Waals surface area contributed by atoms with E-state index in [9.17, 15) is 14.4 Å². The van der Waals surface area contributed by atoms with Crippen molar-refractivity contribution in [2.45, 2.75) is 26.2 Å². The summed E-state index contributed by atoms with van der Waals surface area (Å²) in [7, 11) is 0. The topological polar surface area (TPSA) is 108 Å². The Labute approximate surface area is 100.0 Å². The van der Waals surface area contributed by atoms with Crippen molar-refractivity contribution in [3.63, 3.8) is 0 Å². The number of aliphatic carboxylic acids is 1. The first-order valence-electron chi connectivity index (χ1n) is 5.56. The zero-order valence-corrected chi connectivity index (χ0v) is 9.91. The van der Waals surface area contributed by atoms with Crippen molar-refractivity contribution in [1.82, 2.24) is 16.0 Å². The van der Waals surface area contributed by atoms with E-state index in [4.69, 9.17) is 5.11 Å². The normalized spacial score (nSPS) is 9.47. The first-order valence-corrected chi connectivity index (χ1v) is 5.56. The molecule has 17 heavy (non-hydrogen) atoms. The molecule has 0 rings (SSSR count). The van der Waals surface area contributed by atoms with Crippen LogP contribution >= 0.6 is 0 Å². The fraction of sp³-hybridized carbons (Fsp3) is 0.700. The molecule has 0 saturated heterocycles. The van der Waals surface area contributed by atoms with Gasteiger partial charge in [0.1, 0.15) is 0 Å². The molecule has 0 aliphatic heterocycles. The SMILES string of the molecule is CCCNC(=O)CNC(=O)NCCCC(=O)O. The van der Waals surface area contributed by atoms with Crippen LogP contribution in [0, 0.1) is 0 Å². The minimum atomic E-state index is -0.897. The summed E-state index contributed by atoms with van der Waals surface area (Å²) in [5.41, 5.74) is 0. The maximum absolute atomic E-state index is 11.1. The maximum Gasteiger partial charge on any atom is 0.315 e. The van der Waals surface area contributed by atoms with Crippen LogP contribution in [0.3, 0.4) is 0 Å². The Balaban J connectivity index is 3.46. The highest BCUT2D eigenvalue weighted by molar-refractivity contribution is 5.83. The standard InChI is InChI=1S/C10H19N3O4/c1-2-5-11-8(14)7-13-10(17)12-6-3-4-9(15)16/h2-7H2,1H3,(H,11,14)(H,15,16)(H2,12,13,17). The van der Waals surface area contributed by atoms with Gasteiger partial charge in [-0.15, -0.1) is 0 Å². The number of hydrogen-bond acceptors (Lipinski definition) is 3. The lowest BCUT2D eigenvalue weighted by Gasteiger charge is -2.07. The predicted octanol–water partition coefficient (Wildman–Crippen LogP) is -0.323. The molecule has 98 valence electrons. The molecular weight excluding hydrogens is 226 g/mol. The second-order valence-corrected chi connectivity index (χ2v) is 3.46. The number of carbonyl (C=O) groups excluding carboxylic acids is 2. The fourth-order valence-corrected chi connectivity index (χ4v) is 0.992. The van der Waals surface area contributed by atoms with Gasteiger partial charge in [0.05, 0.1) is 6.54 Å². The van der Waals surface area contributed by atoms with E-state index in [1.165, 1.54) is 0 Å². The Morgan fingerprint density at radius 3 is 2.35 bits per heavy atom. The summed E-state index contributed by atoms with van der Waals surface area (Å²) in [6.45, 7) is 2.71. The van der Waals surface area contributed by atoms with Gasteiger partial charge in [-0.05, 0) is 12.8 Å². The Morgan fingerprint density at radius 2 is 1.76 bits per heavy atom. The third kappa shape index (κ3) is 10.5. The molecule has 0 unspecified atom stereocenters. The zero-order valence-electron chi connectivity index (χ0n) is 9.91. The summed E-state index contributed by atoms with van der Waals surface area (Å²) in [6.07, 6.45) is 1.22. The Morgan fingerprint density at radius 1 is 1.06 bits per heavy atom. The van der Waals surface area contributed by atoms with E-state index in [-0.39, 0.29) is 25.4 Å². The number of carboxylic acids is 1. The highest BCUT2D eigenvalue weighted by atomic mass is 16.4. The average Bonchev–Trinajstić information content (AvgIpc) is 2.29. The van der Waals surface area contributed by atoms with Crippen LogP contribution in [-0.4, -0.2) is 42.6 Å². The molecule has 7 nitrogen and oxygen atoms in total. The molecule has 0 aliphatic rings. The molecule has 0 heterocycles. The molecule has 0 radical (unpaired) electrons. The molecule has 0 bridgehead atoms. The van der Waals surface area contributed by atoms with Gasteiger partial charge in [0.15, 0.2) is 0 Å². The van der Waals surface area contributed by atoms with Crippen LogP contribution in [0.15, 0.2) is 0 Å². The third-order valence-corrected chi connectivity index (χ3v) is 1.83. The number of carbonyl (C=O) groups is 3. The van der Waals surface area contributed by atoms with Gasteiger partial charge in [0, 0.05) is 19.5 Å². The second kappa shape index (κ2) is 9.44. The number of rotatable bonds is 8. The van der Waals surface area contributed by atoms with Crippen LogP contribution in [0.25, 0.3) is 0 Å². The first kappa shape index (κ1) is 15.2. The monoisotopic (exact) mass is 245 g/mol. The summed E-state index contributed by atoms with van der Waals surface area (Å²) in [6, 6.07) is -0.470. The van der Waals surface area contributed by atoms with E-state index in [1.807, 2.05) is 6.92 Å². The molecule has 0 spiro atoms. The predicted molar refractivity (Wildman–Crippen MR) is 61.6 cm³/mol. The second-order valence-electron chi connectivity index (χ2n) is 3.46. The van der Waals surface area contributed by atoms with E-state index in [2.05, 4.69) is 16.0 Å². The van der Waals surface area contributed by atoms with Gasteiger partial charge >= 0.3 is 12.0 Å². The van der Waals surface area contributed by atoms with Crippen molar-refractivity contribution in [3.8, 4) is 0 Å². The van der Waals surface area contributed by atoms with Crippen molar-refractivity contribution in [2.75, 3.05) is 19.6 Å². The minimum Gasteiger partial charge on any atom is -0.481 e. The molecule has 0 aromatic carbocycles. The highest BCUT2D eigenvalue weighted by Gasteiger charge is 2.04. The van der Waals surface area contributed by atoms with Gasteiger partial charge < -0.3 is 21.1 Å². The lowest BCUT2D eigenvalue weighted by molar-refractivity contribution is -0.137. The van der Waals surface area contributed by atoms with E-state index >= 15 is 0 Å². The molecule has 0 aliphatic carbocycles. The number of nitrogens with one attached hydrogen (secondary N) is 3. The van der Waals surface area contributed by atoms with Crippen LogP contribution in [0.2, 0.25) is 0 Å². The maximum atomic E-state index is 11.1. The summed E-state index contributed by atoms with van der Waals surface area (Å²) in [5.74, 6) is -1.14. The molecule has 0 aromatic rings. The van der Waals surface area contributed by atoms with E-state index in [1.54, 1.807) is 0 Å². The largest absolute Gasteiger partial charge is 0.481 e. The lowest BCUT2D eigenvalue weighted by Crippen LogP contribution is -2.42. The van der Waals surface area contributed by atoms with E-state index in [0.29, 0.717) is 13.0 Å². The minimum absolute atomic E-state index is 0.0112. The molecule has 3 amide bonds. The molecule has 7 heteroatoms. The lowest BCUT2D eigenvalue weighted by atomic mass is 10.3. The van der Waals surface area contributed by atoms with Gasteiger partial charge in [-0.25, -0.2) is 4.79 Å². The summed E-state index contributed by atoms with van der Waals surface area (Å²) >= 11 is 0. The molecular formula is C10H19N3O4. The Bertz CT molecular complexity index is 268. The number of amides is 3. The Kier molecular flexibility index (Phi) is 8.44. The quantitative estimate of drug-likeness (QED) is 0.439. The Hall–Kier alpha value is -1.79. The van der Waals surface area contributed by atoms with Crippen molar-refractivity contribution in [3.05, 3.63) is 0 Å². The molecule has 0 atom stereocenters. The zero-order chi connectivity index (χ0) is 13.1. The fourth-order valence-electron chi connectivity index (χ4n) is 0.992. The van der Waals surface area contributed by atoms with Gasteiger partial charge in [-0.2, -0.15) is 0 Å². The molecule has 0 fully saturated rings.